The zero-order chi connectivity index (χ0) is 19.9. The fourth-order valence-electron chi connectivity index (χ4n) is 4.15. The molecule has 0 radical (unpaired) electrons. The average molecular weight is 376 g/mol. The monoisotopic (exact) mass is 376 g/mol. The molecular formula is C24H25FN2O. The highest BCUT2D eigenvalue weighted by Crippen LogP contribution is 2.57. The standard InChI is InChI=1S/C24H25FN2O/c1-16(12-17-8-5-4-6-9-17)22(28)27-24(3)15-23(24,2)19-13-18-10-7-11-20(25)21(18)26-14-19/h4-11,13-14,16H,12,15H2,1-3H3,(H,27,28)/t16-,23-,24-/m0/s1. The molecule has 1 heterocycles. The molecule has 1 saturated carbocycles. The number of nitrogens with one attached hydrogen (secondary N) is 1. The first-order valence-corrected chi connectivity index (χ1v) is 9.73. The van der Waals surface area contributed by atoms with Crippen LogP contribution >= 0.6 is 0 Å². The van der Waals surface area contributed by atoms with Crippen molar-refractivity contribution in [2.75, 3.05) is 0 Å². The number of carbonyl (C=O) groups is 1. The third-order valence-corrected chi connectivity index (χ3v) is 6.33. The maximum Gasteiger partial charge on any atom is 0.223 e. The first kappa shape index (κ1) is 18.6. The molecule has 0 spiro atoms. The summed E-state index contributed by atoms with van der Waals surface area (Å²) < 4.78 is 13.9. The summed E-state index contributed by atoms with van der Waals surface area (Å²) in [5, 5.41) is 4.05. The molecule has 1 N–H and O–H groups in total. The van der Waals surface area contributed by atoms with Gasteiger partial charge in [0.05, 0.1) is 0 Å². The Morgan fingerprint density at radius 1 is 1.18 bits per heavy atom. The van der Waals surface area contributed by atoms with Gasteiger partial charge in [0.15, 0.2) is 0 Å². The highest BCUT2D eigenvalue weighted by atomic mass is 19.1. The van der Waals surface area contributed by atoms with E-state index < -0.39 is 0 Å². The van der Waals surface area contributed by atoms with Crippen LogP contribution in [0.1, 0.15) is 38.3 Å². The normalized spacial score (nSPS) is 24.7. The van der Waals surface area contributed by atoms with Crippen molar-refractivity contribution in [3.63, 3.8) is 0 Å². The maximum atomic E-state index is 13.9. The first-order chi connectivity index (χ1) is 13.3. The van der Waals surface area contributed by atoms with Gasteiger partial charge in [0, 0.05) is 28.5 Å². The predicted octanol–water partition coefficient (Wildman–Crippen LogP) is 4.79. The molecule has 0 unspecified atom stereocenters. The Balaban J connectivity index is 1.50. The largest absolute Gasteiger partial charge is 0.350 e. The fourth-order valence-corrected chi connectivity index (χ4v) is 4.15. The summed E-state index contributed by atoms with van der Waals surface area (Å²) in [5.74, 6) is -0.349. The van der Waals surface area contributed by atoms with E-state index in [1.807, 2.05) is 49.4 Å². The molecule has 1 aromatic heterocycles. The van der Waals surface area contributed by atoms with E-state index in [9.17, 15) is 9.18 Å². The van der Waals surface area contributed by atoms with E-state index in [2.05, 4.69) is 24.1 Å². The van der Waals surface area contributed by atoms with Gasteiger partial charge in [-0.1, -0.05) is 56.3 Å². The average Bonchev–Trinajstić information content (AvgIpc) is 3.24. The highest BCUT2D eigenvalue weighted by molar-refractivity contribution is 5.82. The number of nitrogens with zero attached hydrogens (tertiary/aromatic N) is 1. The van der Waals surface area contributed by atoms with Gasteiger partial charge in [-0.25, -0.2) is 4.39 Å². The van der Waals surface area contributed by atoms with Crippen molar-refractivity contribution in [2.45, 2.75) is 44.6 Å². The van der Waals surface area contributed by atoms with Gasteiger partial charge in [0.25, 0.3) is 0 Å². The topological polar surface area (TPSA) is 42.0 Å². The third kappa shape index (κ3) is 3.17. The van der Waals surface area contributed by atoms with Crippen molar-refractivity contribution in [1.82, 2.24) is 10.3 Å². The Morgan fingerprint density at radius 3 is 2.68 bits per heavy atom. The Hall–Kier alpha value is -2.75. The molecule has 2 aromatic carbocycles. The van der Waals surface area contributed by atoms with Gasteiger partial charge in [-0.3, -0.25) is 9.78 Å². The minimum absolute atomic E-state index is 0.0647. The molecule has 0 bridgehead atoms. The van der Waals surface area contributed by atoms with Crippen LogP contribution in [0.25, 0.3) is 10.9 Å². The lowest BCUT2D eigenvalue weighted by molar-refractivity contribution is -0.125. The molecule has 3 nitrogen and oxygen atoms in total. The lowest BCUT2D eigenvalue weighted by atomic mass is 9.92. The van der Waals surface area contributed by atoms with Crippen LogP contribution in [0.5, 0.6) is 0 Å². The van der Waals surface area contributed by atoms with Gasteiger partial charge in [-0.15, -0.1) is 0 Å². The number of fused-ring (bicyclic) bond motifs is 1. The SMILES string of the molecule is C[C@@H](Cc1ccccc1)C(=O)N[C@@]1(C)C[C@@]1(C)c1cnc2c(F)cccc2c1. The smallest absolute Gasteiger partial charge is 0.223 e. The number of hydrogen-bond acceptors (Lipinski definition) is 2. The van der Waals surface area contributed by atoms with Gasteiger partial charge in [0.2, 0.25) is 5.91 Å². The van der Waals surface area contributed by atoms with Crippen LogP contribution < -0.4 is 5.32 Å². The Bertz CT molecular complexity index is 1040. The van der Waals surface area contributed by atoms with Crippen LogP contribution in [-0.2, 0) is 16.6 Å². The molecule has 1 aliphatic carbocycles. The molecule has 1 aliphatic rings. The lowest BCUT2D eigenvalue weighted by Crippen LogP contribution is -2.42. The van der Waals surface area contributed by atoms with Gasteiger partial charge < -0.3 is 5.32 Å². The van der Waals surface area contributed by atoms with Crippen molar-refractivity contribution >= 4 is 16.8 Å². The van der Waals surface area contributed by atoms with Crippen LogP contribution in [0, 0.1) is 11.7 Å². The molecule has 1 fully saturated rings. The molecule has 1 amide bonds. The van der Waals surface area contributed by atoms with E-state index in [1.165, 1.54) is 6.07 Å². The number of carbonyl (C=O) groups excluding carboxylic acids is 1. The number of aromatic nitrogens is 1. The zero-order valence-electron chi connectivity index (χ0n) is 16.5. The molecule has 0 saturated heterocycles. The minimum atomic E-state index is -0.322. The van der Waals surface area contributed by atoms with E-state index >= 15 is 0 Å². The quantitative estimate of drug-likeness (QED) is 0.696. The number of pyridine rings is 1. The fraction of sp³-hybridized carbons (Fsp3) is 0.333. The number of rotatable bonds is 5. The number of para-hydroxylation sites is 1. The molecule has 0 aliphatic heterocycles. The molecule has 144 valence electrons. The van der Waals surface area contributed by atoms with Crippen molar-refractivity contribution in [1.29, 1.82) is 0 Å². The summed E-state index contributed by atoms with van der Waals surface area (Å²) in [4.78, 5) is 17.1. The second-order valence-electron chi connectivity index (χ2n) is 8.46. The van der Waals surface area contributed by atoms with Gasteiger partial charge >= 0.3 is 0 Å². The molecule has 3 atom stereocenters. The van der Waals surface area contributed by atoms with Crippen molar-refractivity contribution in [3.8, 4) is 0 Å². The van der Waals surface area contributed by atoms with E-state index in [-0.39, 0.29) is 28.6 Å². The molecule has 28 heavy (non-hydrogen) atoms. The maximum absolute atomic E-state index is 13.9. The predicted molar refractivity (Wildman–Crippen MR) is 110 cm³/mol. The Kier molecular flexibility index (Phi) is 4.45. The van der Waals surface area contributed by atoms with Gasteiger partial charge in [0.1, 0.15) is 11.3 Å². The summed E-state index contributed by atoms with van der Waals surface area (Å²) in [6.45, 7) is 6.18. The van der Waals surface area contributed by atoms with E-state index in [0.29, 0.717) is 5.52 Å². The van der Waals surface area contributed by atoms with E-state index in [1.54, 1.807) is 12.3 Å². The number of hydrogen-bond donors (Lipinski definition) is 1. The Morgan fingerprint density at radius 2 is 1.93 bits per heavy atom. The molecule has 3 aromatic rings. The summed E-state index contributed by atoms with van der Waals surface area (Å²) in [6, 6.07) is 17.1. The van der Waals surface area contributed by atoms with Gasteiger partial charge in [-0.05, 0) is 43.0 Å². The van der Waals surface area contributed by atoms with Crippen molar-refractivity contribution < 1.29 is 9.18 Å². The molecular weight excluding hydrogens is 351 g/mol. The lowest BCUT2D eigenvalue weighted by Gasteiger charge is -2.23. The van der Waals surface area contributed by atoms with Crippen molar-refractivity contribution in [2.24, 2.45) is 5.92 Å². The summed E-state index contributed by atoms with van der Waals surface area (Å²) in [6.07, 6.45) is 3.30. The third-order valence-electron chi connectivity index (χ3n) is 6.33. The van der Waals surface area contributed by atoms with Gasteiger partial charge in [-0.2, -0.15) is 0 Å². The number of halogens is 1. The summed E-state index contributed by atoms with van der Waals surface area (Å²) >= 11 is 0. The molecule has 4 rings (SSSR count). The van der Waals surface area contributed by atoms with E-state index in [4.69, 9.17) is 0 Å². The number of amides is 1. The zero-order valence-corrected chi connectivity index (χ0v) is 16.5. The van der Waals surface area contributed by atoms with Crippen LogP contribution in [0.4, 0.5) is 4.39 Å². The van der Waals surface area contributed by atoms with E-state index in [0.717, 1.165) is 29.4 Å². The van der Waals surface area contributed by atoms with Crippen molar-refractivity contribution in [3.05, 3.63) is 77.7 Å². The Labute approximate surface area is 165 Å². The number of benzene rings is 2. The first-order valence-electron chi connectivity index (χ1n) is 9.73. The second-order valence-corrected chi connectivity index (χ2v) is 8.46. The molecule has 4 heteroatoms. The van der Waals surface area contributed by atoms with Crippen LogP contribution in [0.3, 0.4) is 0 Å². The summed E-state index contributed by atoms with van der Waals surface area (Å²) in [5.41, 5.74) is 2.05. The minimum Gasteiger partial charge on any atom is -0.350 e. The van der Waals surface area contributed by atoms with Crippen LogP contribution in [-0.4, -0.2) is 16.4 Å². The second kappa shape index (κ2) is 6.69. The highest BCUT2D eigenvalue weighted by Gasteiger charge is 2.63. The summed E-state index contributed by atoms with van der Waals surface area (Å²) in [7, 11) is 0. The van der Waals surface area contributed by atoms with Crippen LogP contribution in [0.15, 0.2) is 60.8 Å². The van der Waals surface area contributed by atoms with Crippen LogP contribution in [0.2, 0.25) is 0 Å².